The van der Waals surface area contributed by atoms with Crippen LogP contribution in [-0.4, -0.2) is 11.0 Å². The average molecular weight is 302 g/mol. The molecule has 0 spiro atoms. The van der Waals surface area contributed by atoms with Crippen LogP contribution in [0.25, 0.3) is 0 Å². The summed E-state index contributed by atoms with van der Waals surface area (Å²) < 4.78 is 0. The van der Waals surface area contributed by atoms with Gasteiger partial charge in [0, 0.05) is 27.3 Å². The number of rotatable bonds is 2. The molecule has 0 aromatic heterocycles. The van der Waals surface area contributed by atoms with E-state index in [9.17, 15) is 4.79 Å². The van der Waals surface area contributed by atoms with Gasteiger partial charge in [-0.25, -0.2) is 4.99 Å². The highest BCUT2D eigenvalue weighted by molar-refractivity contribution is 7.99. The molecule has 0 atom stereocenters. The van der Waals surface area contributed by atoms with Gasteiger partial charge >= 0.3 is 0 Å². The third kappa shape index (κ3) is 2.39. The number of Topliss-reactive ketones (excluding diaryl/α,β-unsaturated/α-hetero) is 1. The molecule has 1 aliphatic heterocycles. The Balaban J connectivity index is 2.13. The first-order chi connectivity index (χ1) is 9.69. The number of fused-ring (bicyclic) bond motifs is 2. The predicted molar refractivity (Wildman–Crippen MR) is 83.7 cm³/mol. The van der Waals surface area contributed by atoms with Crippen LogP contribution in [0.15, 0.2) is 57.2 Å². The zero-order valence-electron chi connectivity index (χ0n) is 10.9. The van der Waals surface area contributed by atoms with Crippen LogP contribution in [0.2, 0.25) is 0 Å². The van der Waals surface area contributed by atoms with E-state index >= 15 is 0 Å². The summed E-state index contributed by atoms with van der Waals surface area (Å²) in [6.07, 6.45) is 0.490. The molecule has 0 radical (unpaired) electrons. The average Bonchev–Trinajstić information content (AvgIpc) is 2.62. The standard InChI is InChI=1S/C16H12ClNOS/c1-2-13(19)10-7-8-15-12(9-10)18-16(17)11-5-3-4-6-14(11)20-15/h3-9H,2H2,1H3. The summed E-state index contributed by atoms with van der Waals surface area (Å²) in [4.78, 5) is 18.4. The number of halogens is 1. The summed E-state index contributed by atoms with van der Waals surface area (Å²) in [6, 6.07) is 13.5. The Morgan fingerprint density at radius 3 is 2.80 bits per heavy atom. The van der Waals surface area contributed by atoms with Gasteiger partial charge in [-0.15, -0.1) is 0 Å². The van der Waals surface area contributed by atoms with Crippen LogP contribution in [-0.2, 0) is 0 Å². The van der Waals surface area contributed by atoms with Crippen molar-refractivity contribution in [2.24, 2.45) is 4.99 Å². The van der Waals surface area contributed by atoms with E-state index in [2.05, 4.69) is 4.99 Å². The zero-order chi connectivity index (χ0) is 14.1. The maximum Gasteiger partial charge on any atom is 0.162 e. The Morgan fingerprint density at radius 2 is 2.00 bits per heavy atom. The van der Waals surface area contributed by atoms with Gasteiger partial charge in [-0.05, 0) is 18.2 Å². The van der Waals surface area contributed by atoms with E-state index in [0.29, 0.717) is 17.2 Å². The van der Waals surface area contributed by atoms with Crippen LogP contribution >= 0.6 is 23.4 Å². The van der Waals surface area contributed by atoms with Gasteiger partial charge in [0.2, 0.25) is 0 Å². The molecule has 2 nitrogen and oxygen atoms in total. The lowest BCUT2D eigenvalue weighted by molar-refractivity contribution is 0.0988. The van der Waals surface area contributed by atoms with Gasteiger partial charge in [-0.2, -0.15) is 0 Å². The molecule has 0 aliphatic carbocycles. The molecule has 3 rings (SSSR count). The topological polar surface area (TPSA) is 29.4 Å². The van der Waals surface area contributed by atoms with Crippen LogP contribution in [0.5, 0.6) is 0 Å². The van der Waals surface area contributed by atoms with Gasteiger partial charge in [0.1, 0.15) is 5.17 Å². The highest BCUT2D eigenvalue weighted by Crippen LogP contribution is 2.41. The van der Waals surface area contributed by atoms with Crippen molar-refractivity contribution < 1.29 is 4.79 Å². The monoisotopic (exact) mass is 301 g/mol. The molecule has 0 fully saturated rings. The Morgan fingerprint density at radius 1 is 1.20 bits per heavy atom. The number of carbonyl (C=O) groups is 1. The minimum Gasteiger partial charge on any atom is -0.294 e. The maximum atomic E-state index is 11.8. The van der Waals surface area contributed by atoms with Crippen molar-refractivity contribution in [3.8, 4) is 0 Å². The third-order valence-electron chi connectivity index (χ3n) is 3.15. The number of aliphatic imine (C=N–C) groups is 1. The SMILES string of the molecule is CCC(=O)c1ccc2c(c1)N=C(Cl)c1ccccc1S2. The van der Waals surface area contributed by atoms with Crippen molar-refractivity contribution in [1.82, 2.24) is 0 Å². The first-order valence-corrected chi connectivity index (χ1v) is 7.57. The number of hydrogen-bond donors (Lipinski definition) is 0. The summed E-state index contributed by atoms with van der Waals surface area (Å²) in [5, 5.41) is 0.466. The molecule has 4 heteroatoms. The summed E-state index contributed by atoms with van der Waals surface area (Å²) in [5.74, 6) is 0.117. The van der Waals surface area contributed by atoms with E-state index in [1.54, 1.807) is 11.8 Å². The highest BCUT2D eigenvalue weighted by atomic mass is 35.5. The fourth-order valence-corrected chi connectivity index (χ4v) is 3.39. The predicted octanol–water partition coefficient (Wildman–Crippen LogP) is 5.06. The number of benzene rings is 2. The Bertz CT molecular complexity index is 724. The second kappa shape index (κ2) is 5.43. The molecule has 2 aromatic carbocycles. The minimum atomic E-state index is 0.117. The fourth-order valence-electron chi connectivity index (χ4n) is 2.08. The van der Waals surface area contributed by atoms with Crippen LogP contribution in [0.4, 0.5) is 5.69 Å². The van der Waals surface area contributed by atoms with Crippen LogP contribution in [0.1, 0.15) is 29.3 Å². The van der Waals surface area contributed by atoms with Crippen molar-refractivity contribution in [2.45, 2.75) is 23.1 Å². The molecule has 20 heavy (non-hydrogen) atoms. The van der Waals surface area contributed by atoms with E-state index in [1.165, 1.54) is 0 Å². The molecule has 0 saturated carbocycles. The molecule has 0 unspecified atom stereocenters. The van der Waals surface area contributed by atoms with Gasteiger partial charge in [0.25, 0.3) is 0 Å². The Labute approximate surface area is 126 Å². The minimum absolute atomic E-state index is 0.117. The molecule has 0 N–H and O–H groups in total. The van der Waals surface area contributed by atoms with Crippen molar-refractivity contribution in [2.75, 3.05) is 0 Å². The summed E-state index contributed by atoms with van der Waals surface area (Å²) in [7, 11) is 0. The van der Waals surface area contributed by atoms with Crippen LogP contribution in [0, 0.1) is 0 Å². The number of hydrogen-bond acceptors (Lipinski definition) is 3. The van der Waals surface area contributed by atoms with E-state index in [-0.39, 0.29) is 5.78 Å². The van der Waals surface area contributed by atoms with E-state index in [1.807, 2.05) is 49.4 Å². The highest BCUT2D eigenvalue weighted by Gasteiger charge is 2.17. The Hall–Kier alpha value is -1.58. The largest absolute Gasteiger partial charge is 0.294 e. The van der Waals surface area contributed by atoms with Gasteiger partial charge in [-0.1, -0.05) is 54.6 Å². The maximum absolute atomic E-state index is 11.8. The second-order valence-corrected chi connectivity index (χ2v) is 5.90. The lowest BCUT2D eigenvalue weighted by atomic mass is 10.1. The first-order valence-electron chi connectivity index (χ1n) is 6.37. The van der Waals surface area contributed by atoms with Crippen molar-refractivity contribution in [3.63, 3.8) is 0 Å². The Kier molecular flexibility index (Phi) is 3.64. The molecule has 0 amide bonds. The summed E-state index contributed by atoms with van der Waals surface area (Å²) in [5.41, 5.74) is 2.38. The molecule has 2 aromatic rings. The van der Waals surface area contributed by atoms with Crippen molar-refractivity contribution in [3.05, 3.63) is 53.6 Å². The van der Waals surface area contributed by atoms with E-state index in [0.717, 1.165) is 21.0 Å². The van der Waals surface area contributed by atoms with Crippen molar-refractivity contribution in [1.29, 1.82) is 0 Å². The first kappa shape index (κ1) is 13.4. The van der Waals surface area contributed by atoms with Crippen molar-refractivity contribution >= 4 is 40.0 Å². The normalized spacial score (nSPS) is 13.0. The molecule has 1 aliphatic rings. The number of nitrogens with zero attached hydrogens (tertiary/aromatic N) is 1. The van der Waals surface area contributed by atoms with Gasteiger partial charge in [-0.3, -0.25) is 4.79 Å². The third-order valence-corrected chi connectivity index (χ3v) is 4.58. The van der Waals surface area contributed by atoms with Crippen LogP contribution < -0.4 is 0 Å². The smallest absolute Gasteiger partial charge is 0.162 e. The number of ketones is 1. The fraction of sp³-hybridized carbons (Fsp3) is 0.125. The summed E-state index contributed by atoms with van der Waals surface area (Å²) in [6.45, 7) is 1.86. The molecular formula is C16H12ClNOS. The molecule has 100 valence electrons. The number of carbonyl (C=O) groups excluding carboxylic acids is 1. The van der Waals surface area contributed by atoms with Gasteiger partial charge in [0.05, 0.1) is 5.69 Å². The van der Waals surface area contributed by atoms with Gasteiger partial charge < -0.3 is 0 Å². The van der Waals surface area contributed by atoms with E-state index in [4.69, 9.17) is 11.6 Å². The zero-order valence-corrected chi connectivity index (χ0v) is 12.5. The van der Waals surface area contributed by atoms with Crippen LogP contribution in [0.3, 0.4) is 0 Å². The summed E-state index contributed by atoms with van der Waals surface area (Å²) >= 11 is 7.92. The second-order valence-electron chi connectivity index (χ2n) is 4.46. The molecule has 1 heterocycles. The lowest BCUT2D eigenvalue weighted by Crippen LogP contribution is -1.95. The molecular weight excluding hydrogens is 290 g/mol. The van der Waals surface area contributed by atoms with E-state index < -0.39 is 0 Å². The molecule has 0 saturated heterocycles. The van der Waals surface area contributed by atoms with Gasteiger partial charge in [0.15, 0.2) is 5.78 Å². The molecule has 0 bridgehead atoms. The quantitative estimate of drug-likeness (QED) is 0.725. The lowest BCUT2D eigenvalue weighted by Gasteiger charge is -2.05.